The summed E-state index contributed by atoms with van der Waals surface area (Å²) in [5, 5.41) is 0.0459. The van der Waals surface area contributed by atoms with Crippen LogP contribution >= 0.6 is 0 Å². The average molecular weight is 400 g/mol. The van der Waals surface area contributed by atoms with Gasteiger partial charge in [-0.25, -0.2) is 0 Å². The fourth-order valence-electron chi connectivity index (χ4n) is 2.83. The number of amides is 1. The first-order valence-electron chi connectivity index (χ1n) is 9.75. The van der Waals surface area contributed by atoms with Gasteiger partial charge in [-0.15, -0.1) is 0 Å². The second-order valence-corrected chi connectivity index (χ2v) is 13.5. The van der Waals surface area contributed by atoms with Crippen LogP contribution in [0.1, 0.15) is 45.1 Å². The molecule has 1 amide bonds. The molecule has 0 radical (unpaired) electrons. The summed E-state index contributed by atoms with van der Waals surface area (Å²) in [5.74, 6) is 0.624. The van der Waals surface area contributed by atoms with Gasteiger partial charge < -0.3 is 13.7 Å². The Morgan fingerprint density at radius 3 is 2.36 bits per heavy atom. The minimum Gasteiger partial charge on any atom is -0.467 e. The average Bonchev–Trinajstić information content (AvgIpc) is 3.17. The number of hydrogen-bond acceptors (Lipinski definition) is 3. The van der Waals surface area contributed by atoms with E-state index < -0.39 is 8.32 Å². The van der Waals surface area contributed by atoms with Crippen molar-refractivity contribution in [1.82, 2.24) is 4.90 Å². The largest absolute Gasteiger partial charge is 0.467 e. The molecule has 0 fully saturated rings. The third-order valence-corrected chi connectivity index (χ3v) is 10.1. The highest BCUT2D eigenvalue weighted by Gasteiger charge is 2.42. The van der Waals surface area contributed by atoms with Crippen LogP contribution in [0.15, 0.2) is 65.8 Å². The van der Waals surface area contributed by atoms with E-state index in [2.05, 4.69) is 40.4 Å². The Morgan fingerprint density at radius 1 is 1.21 bits per heavy atom. The van der Waals surface area contributed by atoms with Gasteiger partial charge >= 0.3 is 0 Å². The molecule has 0 aliphatic carbocycles. The summed E-state index contributed by atoms with van der Waals surface area (Å²) < 4.78 is 12.5. The van der Waals surface area contributed by atoms with Gasteiger partial charge in [0, 0.05) is 6.54 Å². The molecule has 1 heterocycles. The third kappa shape index (κ3) is 5.24. The van der Waals surface area contributed by atoms with Crippen molar-refractivity contribution in [3.63, 3.8) is 0 Å². The minimum absolute atomic E-state index is 0.0459. The quantitative estimate of drug-likeness (QED) is 0.407. The molecular formula is C23H33NO3Si. The molecule has 0 aliphatic heterocycles. The number of rotatable bonds is 8. The SMILES string of the molecule is C=CC(=O)N(Cc1ccccc1)[C@@H](C)[C@H](O[Si](C)(C)C(C)(C)C)c1ccco1. The molecule has 0 unspecified atom stereocenters. The fourth-order valence-corrected chi connectivity index (χ4v) is 4.13. The van der Waals surface area contributed by atoms with E-state index in [9.17, 15) is 4.79 Å². The monoisotopic (exact) mass is 399 g/mol. The molecule has 0 aliphatic rings. The first-order valence-corrected chi connectivity index (χ1v) is 12.7. The van der Waals surface area contributed by atoms with Gasteiger partial charge in [-0.2, -0.15) is 0 Å². The zero-order valence-electron chi connectivity index (χ0n) is 17.9. The lowest BCUT2D eigenvalue weighted by Gasteiger charge is -2.42. The van der Waals surface area contributed by atoms with E-state index >= 15 is 0 Å². The molecule has 2 atom stereocenters. The molecule has 1 aromatic carbocycles. The zero-order valence-corrected chi connectivity index (χ0v) is 18.9. The molecule has 5 heteroatoms. The Bertz CT molecular complexity index is 763. The number of hydrogen-bond donors (Lipinski definition) is 0. The lowest BCUT2D eigenvalue weighted by Crippen LogP contribution is -2.48. The van der Waals surface area contributed by atoms with Crippen LogP contribution in [0.25, 0.3) is 0 Å². The maximum absolute atomic E-state index is 12.7. The maximum atomic E-state index is 12.7. The highest BCUT2D eigenvalue weighted by molar-refractivity contribution is 6.74. The lowest BCUT2D eigenvalue weighted by atomic mass is 10.1. The van der Waals surface area contributed by atoms with Gasteiger partial charge in [0.15, 0.2) is 8.32 Å². The van der Waals surface area contributed by atoms with Crippen LogP contribution in [0.3, 0.4) is 0 Å². The summed E-state index contributed by atoms with van der Waals surface area (Å²) in [6, 6.07) is 13.5. The normalized spacial score (nSPS) is 14.4. The molecule has 0 saturated heterocycles. The predicted molar refractivity (Wildman–Crippen MR) is 116 cm³/mol. The van der Waals surface area contributed by atoms with Gasteiger partial charge in [-0.05, 0) is 48.8 Å². The van der Waals surface area contributed by atoms with Crippen LogP contribution in [0, 0.1) is 0 Å². The summed E-state index contributed by atoms with van der Waals surface area (Å²) in [4.78, 5) is 14.5. The molecule has 1 aromatic heterocycles. The van der Waals surface area contributed by atoms with Crippen molar-refractivity contribution >= 4 is 14.2 Å². The zero-order chi connectivity index (χ0) is 20.9. The number of benzene rings is 1. The Hall–Kier alpha value is -2.11. The van der Waals surface area contributed by atoms with Crippen molar-refractivity contribution in [2.24, 2.45) is 0 Å². The molecule has 28 heavy (non-hydrogen) atoms. The molecule has 0 saturated carbocycles. The van der Waals surface area contributed by atoms with Crippen LogP contribution in [0.5, 0.6) is 0 Å². The van der Waals surface area contributed by atoms with Crippen LogP contribution in [0.4, 0.5) is 0 Å². The first kappa shape index (κ1) is 22.2. The first-order chi connectivity index (χ1) is 13.1. The van der Waals surface area contributed by atoms with Crippen molar-refractivity contribution in [3.05, 3.63) is 72.7 Å². The molecule has 2 aromatic rings. The van der Waals surface area contributed by atoms with Crippen LogP contribution < -0.4 is 0 Å². The van der Waals surface area contributed by atoms with E-state index in [-0.39, 0.29) is 23.1 Å². The van der Waals surface area contributed by atoms with Gasteiger partial charge in [-0.1, -0.05) is 57.7 Å². The van der Waals surface area contributed by atoms with Crippen LogP contribution in [-0.2, 0) is 15.8 Å². The number of nitrogens with zero attached hydrogens (tertiary/aromatic N) is 1. The minimum atomic E-state index is -2.09. The number of carbonyl (C=O) groups is 1. The Balaban J connectivity index is 2.38. The van der Waals surface area contributed by atoms with Crippen molar-refractivity contribution in [2.75, 3.05) is 0 Å². The maximum Gasteiger partial charge on any atom is 0.246 e. The third-order valence-electron chi connectivity index (χ3n) is 5.63. The van der Waals surface area contributed by atoms with Crippen molar-refractivity contribution in [1.29, 1.82) is 0 Å². The Labute approximate surface area is 170 Å². The Kier molecular flexibility index (Phi) is 7.07. The van der Waals surface area contributed by atoms with Crippen molar-refractivity contribution < 1.29 is 13.6 Å². The van der Waals surface area contributed by atoms with Gasteiger partial charge in [0.25, 0.3) is 0 Å². The second-order valence-electron chi connectivity index (χ2n) is 8.71. The van der Waals surface area contributed by atoms with E-state index in [1.54, 1.807) is 6.26 Å². The van der Waals surface area contributed by atoms with E-state index in [0.29, 0.717) is 6.54 Å². The number of furan rings is 1. The number of carbonyl (C=O) groups excluding carboxylic acids is 1. The molecular weight excluding hydrogens is 366 g/mol. The predicted octanol–water partition coefficient (Wildman–Crippen LogP) is 5.95. The van der Waals surface area contributed by atoms with Gasteiger partial charge in [-0.3, -0.25) is 4.79 Å². The highest BCUT2D eigenvalue weighted by atomic mass is 28.4. The van der Waals surface area contributed by atoms with Gasteiger partial charge in [0.05, 0.1) is 12.3 Å². The molecule has 2 rings (SSSR count). The van der Waals surface area contributed by atoms with Crippen molar-refractivity contribution in [3.8, 4) is 0 Å². The molecule has 0 spiro atoms. The summed E-state index contributed by atoms with van der Waals surface area (Å²) in [5.41, 5.74) is 1.06. The molecule has 0 N–H and O–H groups in total. The van der Waals surface area contributed by atoms with Gasteiger partial charge in [0.1, 0.15) is 11.9 Å². The van der Waals surface area contributed by atoms with Gasteiger partial charge in [0.2, 0.25) is 5.91 Å². The smallest absolute Gasteiger partial charge is 0.246 e. The molecule has 4 nitrogen and oxygen atoms in total. The van der Waals surface area contributed by atoms with Crippen LogP contribution in [-0.4, -0.2) is 25.2 Å². The molecule has 0 bridgehead atoms. The Morgan fingerprint density at radius 2 is 1.86 bits per heavy atom. The van der Waals surface area contributed by atoms with E-state index in [0.717, 1.165) is 11.3 Å². The van der Waals surface area contributed by atoms with Crippen molar-refractivity contribution in [2.45, 2.75) is 64.5 Å². The van der Waals surface area contributed by atoms with E-state index in [1.165, 1.54) is 6.08 Å². The summed E-state index contributed by atoms with van der Waals surface area (Å²) in [7, 11) is -2.09. The fraction of sp³-hybridized carbons (Fsp3) is 0.435. The van der Waals surface area contributed by atoms with E-state index in [4.69, 9.17) is 8.84 Å². The molecule has 152 valence electrons. The summed E-state index contributed by atoms with van der Waals surface area (Å²) in [6.45, 7) is 17.3. The second kappa shape index (κ2) is 8.93. The summed E-state index contributed by atoms with van der Waals surface area (Å²) >= 11 is 0. The van der Waals surface area contributed by atoms with Crippen LogP contribution in [0.2, 0.25) is 18.1 Å². The standard InChI is InChI=1S/C23H33NO3Si/c1-8-21(25)24(17-19-13-10-9-11-14-19)18(2)22(20-15-12-16-26-20)27-28(6,7)23(3,4)5/h8-16,18,22H,1,17H2,2-7H3/t18-,22-/m0/s1. The van der Waals surface area contributed by atoms with E-state index in [1.807, 2.05) is 54.3 Å². The highest BCUT2D eigenvalue weighted by Crippen LogP contribution is 2.41. The summed E-state index contributed by atoms with van der Waals surface area (Å²) in [6.07, 6.45) is 2.68. The topological polar surface area (TPSA) is 42.7 Å². The lowest BCUT2D eigenvalue weighted by molar-refractivity contribution is -0.131.